The number of thiophene rings is 1. The largest absolute Gasteiger partial charge is 0.368 e. The first kappa shape index (κ1) is 16.0. The van der Waals surface area contributed by atoms with Gasteiger partial charge in [0, 0.05) is 32.5 Å². The molecule has 1 aliphatic carbocycles. The van der Waals surface area contributed by atoms with Crippen molar-refractivity contribution in [3.05, 3.63) is 22.4 Å². The highest BCUT2D eigenvalue weighted by Gasteiger charge is 2.41. The zero-order valence-electron chi connectivity index (χ0n) is 13.9. The van der Waals surface area contributed by atoms with E-state index in [-0.39, 0.29) is 11.9 Å². The molecule has 0 aromatic carbocycles. The van der Waals surface area contributed by atoms with Crippen LogP contribution < -0.4 is 0 Å². The molecule has 3 heterocycles. The molecule has 23 heavy (non-hydrogen) atoms. The topological polar surface area (TPSA) is 30.9 Å². The monoisotopic (exact) mass is 337 g/mol. The van der Waals surface area contributed by atoms with Gasteiger partial charge < -0.3 is 14.2 Å². The number of hydrogen-bond acceptors (Lipinski definition) is 5. The van der Waals surface area contributed by atoms with Crippen molar-refractivity contribution in [2.45, 2.75) is 50.6 Å². The molecule has 2 aliphatic heterocycles. The third-order valence-corrected chi connectivity index (χ3v) is 6.15. The molecule has 0 N–H and O–H groups in total. The van der Waals surface area contributed by atoms with Crippen molar-refractivity contribution in [2.24, 2.45) is 5.92 Å². The minimum Gasteiger partial charge on any atom is -0.368 e. The molecule has 3 fully saturated rings. The van der Waals surface area contributed by atoms with Crippen LogP contribution in [0, 0.1) is 5.92 Å². The van der Waals surface area contributed by atoms with Gasteiger partial charge in [-0.05, 0) is 48.1 Å². The van der Waals surface area contributed by atoms with Crippen molar-refractivity contribution in [3.63, 3.8) is 0 Å². The van der Waals surface area contributed by atoms with Crippen molar-refractivity contribution in [1.29, 1.82) is 0 Å². The number of hydrogen-bond donors (Lipinski definition) is 0. The van der Waals surface area contributed by atoms with E-state index < -0.39 is 0 Å². The summed E-state index contributed by atoms with van der Waals surface area (Å²) in [5.74, 6) is 0.537. The van der Waals surface area contributed by atoms with Gasteiger partial charge in [0.1, 0.15) is 0 Å². The predicted octanol–water partition coefficient (Wildman–Crippen LogP) is 3.44. The second kappa shape index (κ2) is 6.81. The highest BCUT2D eigenvalue weighted by atomic mass is 32.1. The molecule has 0 unspecified atom stereocenters. The van der Waals surface area contributed by atoms with Crippen LogP contribution in [0.1, 0.15) is 44.3 Å². The molecule has 1 spiro atoms. The molecule has 2 atom stereocenters. The minimum atomic E-state index is -0.228. The second-order valence-electron chi connectivity index (χ2n) is 7.26. The molecule has 1 aromatic rings. The van der Waals surface area contributed by atoms with Gasteiger partial charge in [0.2, 0.25) is 0 Å². The van der Waals surface area contributed by atoms with Crippen molar-refractivity contribution >= 4 is 11.3 Å². The van der Waals surface area contributed by atoms with Crippen LogP contribution >= 0.6 is 11.3 Å². The molecule has 5 heteroatoms. The third-order valence-electron chi connectivity index (χ3n) is 5.45. The summed E-state index contributed by atoms with van der Waals surface area (Å²) >= 11 is 1.76. The lowest BCUT2D eigenvalue weighted by Crippen LogP contribution is -2.46. The zero-order chi connectivity index (χ0) is 15.7. The van der Waals surface area contributed by atoms with Gasteiger partial charge in [-0.1, -0.05) is 0 Å². The first-order chi connectivity index (χ1) is 11.2. The Balaban J connectivity index is 1.32. The first-order valence-corrected chi connectivity index (χ1v) is 9.84. The van der Waals surface area contributed by atoms with Crippen molar-refractivity contribution in [1.82, 2.24) is 4.90 Å². The van der Waals surface area contributed by atoms with E-state index in [1.807, 2.05) is 0 Å². The van der Waals surface area contributed by atoms with Crippen molar-refractivity contribution in [3.8, 4) is 0 Å². The highest BCUT2D eigenvalue weighted by Crippen LogP contribution is 2.39. The Morgan fingerprint density at radius 2 is 2.00 bits per heavy atom. The van der Waals surface area contributed by atoms with Crippen molar-refractivity contribution in [2.75, 3.05) is 32.8 Å². The Bertz CT molecular complexity index is 490. The maximum atomic E-state index is 6.15. The Morgan fingerprint density at radius 3 is 2.70 bits per heavy atom. The molecule has 4 nitrogen and oxygen atoms in total. The smallest absolute Gasteiger partial charge is 0.168 e. The van der Waals surface area contributed by atoms with Crippen molar-refractivity contribution < 1.29 is 14.2 Å². The summed E-state index contributed by atoms with van der Waals surface area (Å²) in [6.07, 6.45) is 5.10. The van der Waals surface area contributed by atoms with Gasteiger partial charge in [-0.25, -0.2) is 0 Å². The van der Waals surface area contributed by atoms with E-state index in [1.54, 1.807) is 11.3 Å². The molecule has 1 aromatic heterocycles. The summed E-state index contributed by atoms with van der Waals surface area (Å²) in [5.41, 5.74) is 1.34. The van der Waals surface area contributed by atoms with Gasteiger partial charge in [-0.15, -0.1) is 0 Å². The molecular formula is C18H27NO3S. The molecule has 3 aliphatic rings. The molecule has 2 saturated heterocycles. The lowest BCUT2D eigenvalue weighted by atomic mass is 9.84. The maximum absolute atomic E-state index is 6.15. The minimum absolute atomic E-state index is 0.228. The van der Waals surface area contributed by atoms with E-state index in [9.17, 15) is 0 Å². The third kappa shape index (κ3) is 3.64. The van der Waals surface area contributed by atoms with Crippen LogP contribution in [0.4, 0.5) is 0 Å². The van der Waals surface area contributed by atoms with Crippen LogP contribution in [-0.4, -0.2) is 49.6 Å². The maximum Gasteiger partial charge on any atom is 0.168 e. The van der Waals surface area contributed by atoms with Crippen LogP contribution in [0.5, 0.6) is 0 Å². The Labute approximate surface area is 142 Å². The second-order valence-corrected chi connectivity index (χ2v) is 8.04. The predicted molar refractivity (Wildman–Crippen MR) is 90.6 cm³/mol. The molecule has 128 valence electrons. The van der Waals surface area contributed by atoms with E-state index in [4.69, 9.17) is 14.2 Å². The highest BCUT2D eigenvalue weighted by molar-refractivity contribution is 7.07. The molecule has 0 amide bonds. The number of nitrogens with zero attached hydrogens (tertiary/aromatic N) is 1. The summed E-state index contributed by atoms with van der Waals surface area (Å²) in [5, 5.41) is 4.37. The fourth-order valence-electron chi connectivity index (χ4n) is 4.28. The fraction of sp³-hybridized carbons (Fsp3) is 0.778. The Kier molecular flexibility index (Phi) is 4.74. The van der Waals surface area contributed by atoms with Gasteiger partial charge in [0.25, 0.3) is 0 Å². The average molecular weight is 337 g/mol. The number of morpholine rings is 1. The van der Waals surface area contributed by atoms with Crippen LogP contribution in [-0.2, 0) is 14.2 Å². The van der Waals surface area contributed by atoms with Gasteiger partial charge in [-0.3, -0.25) is 4.90 Å². The number of rotatable bonds is 3. The van der Waals surface area contributed by atoms with E-state index in [1.165, 1.54) is 24.9 Å². The van der Waals surface area contributed by atoms with Gasteiger partial charge >= 0.3 is 0 Å². The van der Waals surface area contributed by atoms with Crippen LogP contribution in [0.15, 0.2) is 16.8 Å². The normalized spacial score (nSPS) is 32.6. The van der Waals surface area contributed by atoms with Crippen LogP contribution in [0.25, 0.3) is 0 Å². The van der Waals surface area contributed by atoms with Crippen LogP contribution in [0.2, 0.25) is 0 Å². The van der Waals surface area contributed by atoms with Gasteiger partial charge in [0.15, 0.2) is 5.79 Å². The molecule has 4 rings (SSSR count). The number of ether oxygens (including phenoxy) is 3. The fourth-order valence-corrected chi connectivity index (χ4v) is 4.98. The van der Waals surface area contributed by atoms with Gasteiger partial charge in [-0.2, -0.15) is 11.3 Å². The Hall–Kier alpha value is -0.460. The molecule has 0 radical (unpaired) electrons. The van der Waals surface area contributed by atoms with E-state index >= 15 is 0 Å². The standard InChI is InChI=1S/C18H27NO3S/c1-14-10-19(12-17(22-14)16-4-9-23-13-16)11-15-2-5-18(6-3-15)20-7-8-21-18/h4,9,13-15,17H,2-3,5-8,10-12H2,1H3/t14-,17-/m1/s1. The average Bonchev–Trinajstić information content (AvgIpc) is 3.22. The molecule has 0 bridgehead atoms. The lowest BCUT2D eigenvalue weighted by Gasteiger charge is -2.41. The summed E-state index contributed by atoms with van der Waals surface area (Å²) in [4.78, 5) is 2.61. The molecule has 1 saturated carbocycles. The van der Waals surface area contributed by atoms with E-state index in [2.05, 4.69) is 28.7 Å². The lowest BCUT2D eigenvalue weighted by molar-refractivity contribution is -0.184. The SMILES string of the molecule is C[C@@H]1CN(CC2CCC3(CC2)OCCO3)C[C@H](c2ccsc2)O1. The zero-order valence-corrected chi connectivity index (χ0v) is 14.7. The summed E-state index contributed by atoms with van der Waals surface area (Å²) < 4.78 is 17.8. The Morgan fingerprint density at radius 1 is 1.22 bits per heavy atom. The quantitative estimate of drug-likeness (QED) is 0.845. The van der Waals surface area contributed by atoms with Gasteiger partial charge in [0.05, 0.1) is 25.4 Å². The van der Waals surface area contributed by atoms with Crippen LogP contribution in [0.3, 0.4) is 0 Å². The molecular weight excluding hydrogens is 310 g/mol. The summed E-state index contributed by atoms with van der Waals surface area (Å²) in [7, 11) is 0. The first-order valence-electron chi connectivity index (χ1n) is 8.90. The van der Waals surface area contributed by atoms with E-state index in [0.29, 0.717) is 6.10 Å². The summed E-state index contributed by atoms with van der Waals surface area (Å²) in [6, 6.07) is 2.20. The summed E-state index contributed by atoms with van der Waals surface area (Å²) in [6.45, 7) is 7.00. The van der Waals surface area contributed by atoms with E-state index in [0.717, 1.165) is 45.1 Å².